The summed E-state index contributed by atoms with van der Waals surface area (Å²) in [6, 6.07) is 5.84. The quantitative estimate of drug-likeness (QED) is 0.621. The first-order valence-electron chi connectivity index (χ1n) is 4.43. The van der Waals surface area contributed by atoms with E-state index in [0.717, 1.165) is 32.0 Å². The average molecular weight is 198 g/mol. The highest BCUT2D eigenvalue weighted by Crippen LogP contribution is 2.23. The minimum atomic E-state index is 0.407. The van der Waals surface area contributed by atoms with Crippen LogP contribution in [0.25, 0.3) is 0 Å². The van der Waals surface area contributed by atoms with Crippen LogP contribution in [0, 0.1) is 0 Å². The Labute approximate surface area is 83.0 Å². The van der Waals surface area contributed by atoms with Crippen LogP contribution in [-0.4, -0.2) is 31.2 Å². The summed E-state index contributed by atoms with van der Waals surface area (Å²) in [6.45, 7) is 3.36. The molecule has 0 saturated carbocycles. The van der Waals surface area contributed by atoms with Crippen LogP contribution in [0.4, 0.5) is 5.82 Å². The number of quaternary nitrogens is 1. The van der Waals surface area contributed by atoms with Crippen molar-refractivity contribution in [3.05, 3.63) is 24.4 Å². The molecule has 0 atom stereocenters. The molecule has 3 nitrogen and oxygen atoms in total. The molecule has 0 spiro atoms. The molecule has 0 amide bonds. The zero-order valence-electron chi connectivity index (χ0n) is 7.36. The number of hydrogen-bond donors (Lipinski definition) is 0. The first kappa shape index (κ1) is 8.94. The van der Waals surface area contributed by atoms with Crippen LogP contribution in [0.2, 0.25) is 0 Å². The Hall–Kier alpha value is -0.640. The summed E-state index contributed by atoms with van der Waals surface area (Å²) in [7, 11) is 0. The van der Waals surface area contributed by atoms with Gasteiger partial charge in [-0.15, -0.1) is 0 Å². The number of hydrogen-bond acceptors (Lipinski definition) is 1. The zero-order chi connectivity index (χ0) is 9.15. The van der Waals surface area contributed by atoms with Crippen molar-refractivity contribution in [2.45, 2.75) is 0 Å². The Morgan fingerprint density at radius 2 is 2.00 bits per heavy atom. The fraction of sp³-hybridized carbons (Fsp3) is 0.444. The van der Waals surface area contributed by atoms with E-state index in [4.69, 9.17) is 11.8 Å². The lowest BCUT2D eigenvalue weighted by Gasteiger charge is -2.30. The van der Waals surface area contributed by atoms with Gasteiger partial charge in [-0.05, 0) is 6.07 Å². The molecule has 1 aromatic heterocycles. The van der Waals surface area contributed by atoms with Crippen LogP contribution < -0.4 is 9.32 Å². The monoisotopic (exact) mass is 197 g/mol. The third kappa shape index (κ3) is 1.82. The van der Waals surface area contributed by atoms with Crippen molar-refractivity contribution in [3.8, 4) is 0 Å². The minimum Gasteiger partial charge on any atom is -0.230 e. The van der Waals surface area contributed by atoms with Crippen LogP contribution >= 0.6 is 11.8 Å². The molecule has 1 aromatic rings. The second-order valence-electron chi connectivity index (χ2n) is 3.17. The van der Waals surface area contributed by atoms with E-state index in [9.17, 15) is 0 Å². The second kappa shape index (κ2) is 3.62. The molecule has 69 valence electrons. The highest BCUT2D eigenvalue weighted by atomic mass is 35.5. The third-order valence-corrected chi connectivity index (χ3v) is 2.80. The topological polar surface area (TPSA) is 27.0 Å². The summed E-state index contributed by atoms with van der Waals surface area (Å²) in [4.78, 5) is 4.27. The third-order valence-electron chi connectivity index (χ3n) is 2.28. The average Bonchev–Trinajstić information content (AvgIpc) is 2.20. The number of rotatable bonds is 1. The molecule has 1 radical (unpaired) electrons. The zero-order valence-corrected chi connectivity index (χ0v) is 8.11. The summed E-state index contributed by atoms with van der Waals surface area (Å²) in [5, 5.41) is 4.27. The second-order valence-corrected chi connectivity index (χ2v) is 3.82. The molecule has 1 aliphatic rings. The molecule has 0 N–H and O–H groups in total. The van der Waals surface area contributed by atoms with E-state index >= 15 is 0 Å². The fourth-order valence-electron chi connectivity index (χ4n) is 1.50. The van der Waals surface area contributed by atoms with E-state index in [0.29, 0.717) is 4.00 Å². The molecule has 0 aliphatic carbocycles. The van der Waals surface area contributed by atoms with Crippen LogP contribution in [0.5, 0.6) is 0 Å². The predicted molar refractivity (Wildman–Crippen MR) is 53.5 cm³/mol. The summed E-state index contributed by atoms with van der Waals surface area (Å²) >= 11 is 6.42. The van der Waals surface area contributed by atoms with Crippen molar-refractivity contribution in [2.24, 2.45) is 0 Å². The van der Waals surface area contributed by atoms with Crippen molar-refractivity contribution < 1.29 is 0 Å². The summed E-state index contributed by atoms with van der Waals surface area (Å²) in [6.07, 6.45) is 1.78. The van der Waals surface area contributed by atoms with Crippen LogP contribution in [0.1, 0.15) is 0 Å². The molecule has 0 aromatic carbocycles. The molecule has 1 saturated heterocycles. The highest BCUT2D eigenvalue weighted by Gasteiger charge is 2.32. The lowest BCUT2D eigenvalue weighted by atomic mass is 10.3. The van der Waals surface area contributed by atoms with E-state index in [2.05, 4.69) is 10.3 Å². The van der Waals surface area contributed by atoms with Crippen LogP contribution in [-0.2, 0) is 0 Å². The number of piperazine rings is 1. The maximum absolute atomic E-state index is 6.42. The van der Waals surface area contributed by atoms with Gasteiger partial charge in [0.2, 0.25) is 5.82 Å². The number of aromatic nitrogens is 1. The maximum Gasteiger partial charge on any atom is 0.245 e. The van der Waals surface area contributed by atoms with Gasteiger partial charge >= 0.3 is 0 Å². The van der Waals surface area contributed by atoms with Crippen molar-refractivity contribution in [1.29, 1.82) is 0 Å². The van der Waals surface area contributed by atoms with Crippen molar-refractivity contribution in [1.82, 2.24) is 14.3 Å². The van der Waals surface area contributed by atoms with Gasteiger partial charge in [-0.2, -0.15) is 4.00 Å². The summed E-state index contributed by atoms with van der Waals surface area (Å²) in [5.41, 5.74) is 0. The molecule has 2 rings (SSSR count). The first-order chi connectivity index (χ1) is 6.31. The standard InChI is InChI=1S/C9H12ClN3/c10-13(7-5-11-6-8-13)9-3-1-2-4-12-9/h1-4H,5-8H2/q+1. The molecule has 13 heavy (non-hydrogen) atoms. The van der Waals surface area contributed by atoms with Gasteiger partial charge in [-0.3, -0.25) is 0 Å². The molecular weight excluding hydrogens is 186 g/mol. The van der Waals surface area contributed by atoms with E-state index in [1.807, 2.05) is 18.2 Å². The van der Waals surface area contributed by atoms with Gasteiger partial charge in [-0.1, -0.05) is 6.07 Å². The Kier molecular flexibility index (Phi) is 2.49. The van der Waals surface area contributed by atoms with Gasteiger partial charge < -0.3 is 0 Å². The van der Waals surface area contributed by atoms with Gasteiger partial charge in [0, 0.05) is 12.3 Å². The van der Waals surface area contributed by atoms with E-state index in [1.165, 1.54) is 0 Å². The van der Waals surface area contributed by atoms with Crippen LogP contribution in [0.3, 0.4) is 0 Å². The molecule has 0 bridgehead atoms. The molecular formula is C9H12ClN3+. The Morgan fingerprint density at radius 3 is 2.62 bits per heavy atom. The van der Waals surface area contributed by atoms with Gasteiger partial charge in [0.05, 0.1) is 13.1 Å². The van der Waals surface area contributed by atoms with E-state index < -0.39 is 0 Å². The van der Waals surface area contributed by atoms with Gasteiger partial charge in [-0.25, -0.2) is 10.3 Å². The number of nitrogens with zero attached hydrogens (tertiary/aromatic N) is 3. The predicted octanol–water partition coefficient (Wildman–Crippen LogP) is 1.16. The van der Waals surface area contributed by atoms with Gasteiger partial charge in [0.25, 0.3) is 0 Å². The van der Waals surface area contributed by atoms with Gasteiger partial charge in [0.1, 0.15) is 13.1 Å². The smallest absolute Gasteiger partial charge is 0.230 e. The first-order valence-corrected chi connectivity index (χ1v) is 4.77. The Balaban J connectivity index is 2.23. The lowest BCUT2D eigenvalue weighted by Crippen LogP contribution is -2.51. The number of halogens is 1. The van der Waals surface area contributed by atoms with Crippen molar-refractivity contribution in [2.75, 3.05) is 26.2 Å². The molecule has 2 heterocycles. The van der Waals surface area contributed by atoms with E-state index in [1.54, 1.807) is 6.20 Å². The van der Waals surface area contributed by atoms with Crippen LogP contribution in [0.15, 0.2) is 24.4 Å². The van der Waals surface area contributed by atoms with Crippen molar-refractivity contribution >= 4 is 17.6 Å². The molecule has 0 unspecified atom stereocenters. The molecule has 1 aliphatic heterocycles. The van der Waals surface area contributed by atoms with Crippen molar-refractivity contribution in [3.63, 3.8) is 0 Å². The largest absolute Gasteiger partial charge is 0.245 e. The number of pyridine rings is 1. The molecule has 1 fully saturated rings. The van der Waals surface area contributed by atoms with Gasteiger partial charge in [0.15, 0.2) is 11.8 Å². The fourth-order valence-corrected chi connectivity index (χ4v) is 1.75. The lowest BCUT2D eigenvalue weighted by molar-refractivity contribution is 0.367. The minimum absolute atomic E-state index is 0.407. The summed E-state index contributed by atoms with van der Waals surface area (Å²) < 4.78 is 0.407. The Morgan fingerprint density at radius 1 is 1.23 bits per heavy atom. The normalized spacial score (nSPS) is 21.3. The maximum atomic E-state index is 6.42. The molecule has 4 heteroatoms. The van der Waals surface area contributed by atoms with E-state index in [-0.39, 0.29) is 0 Å². The highest BCUT2D eigenvalue weighted by molar-refractivity contribution is 6.21. The Bertz CT molecular complexity index is 269. The summed E-state index contributed by atoms with van der Waals surface area (Å²) in [5.74, 6) is 0.930. The SMILES string of the molecule is Cl[N+]1(c2ccccn2)CC[N]CC1.